The highest BCUT2D eigenvalue weighted by atomic mass is 32.2. The van der Waals surface area contributed by atoms with Crippen LogP contribution in [0, 0.1) is 13.8 Å². The molecular weight excluding hydrogens is 440 g/mol. The molecule has 0 aliphatic carbocycles. The number of hydrogen-bond acceptors (Lipinski definition) is 6. The lowest BCUT2D eigenvalue weighted by molar-refractivity contribution is -0.117. The molecular formula is C24H32N4O4S. The molecule has 9 heteroatoms. The predicted molar refractivity (Wildman–Crippen MR) is 127 cm³/mol. The molecule has 8 nitrogen and oxygen atoms in total. The number of nitrogens with zero attached hydrogens (tertiary/aromatic N) is 1. The van der Waals surface area contributed by atoms with Crippen molar-refractivity contribution in [2.45, 2.75) is 69.5 Å². The lowest BCUT2D eigenvalue weighted by Crippen LogP contribution is -2.41. The van der Waals surface area contributed by atoms with Crippen molar-refractivity contribution in [3.63, 3.8) is 0 Å². The van der Waals surface area contributed by atoms with E-state index in [1.54, 1.807) is 28.6 Å². The van der Waals surface area contributed by atoms with Crippen LogP contribution in [0.3, 0.4) is 0 Å². The molecule has 2 aliphatic heterocycles. The van der Waals surface area contributed by atoms with E-state index in [1.807, 2.05) is 32.9 Å². The zero-order chi connectivity index (χ0) is 23.8. The van der Waals surface area contributed by atoms with Crippen molar-refractivity contribution < 1.29 is 18.3 Å². The number of sulfonamides is 1. The summed E-state index contributed by atoms with van der Waals surface area (Å²) in [6.07, 6.45) is 3.27. The Morgan fingerprint density at radius 3 is 2.52 bits per heavy atom. The first-order valence-corrected chi connectivity index (χ1v) is 12.9. The van der Waals surface area contributed by atoms with E-state index in [9.17, 15) is 18.3 Å². The van der Waals surface area contributed by atoms with Gasteiger partial charge in [-0.15, -0.1) is 0 Å². The van der Waals surface area contributed by atoms with Gasteiger partial charge in [-0.1, -0.05) is 18.6 Å². The second-order valence-corrected chi connectivity index (χ2v) is 10.9. The molecule has 0 saturated carbocycles. The number of carbonyl (C=O) groups is 1. The summed E-state index contributed by atoms with van der Waals surface area (Å²) in [5, 5.41) is 13.3. The minimum atomic E-state index is -3.55. The summed E-state index contributed by atoms with van der Waals surface area (Å²) in [4.78, 5) is 13.0. The van der Waals surface area contributed by atoms with Crippen LogP contribution in [0.25, 0.3) is 0 Å². The number of piperidine rings is 1. The van der Waals surface area contributed by atoms with Crippen molar-refractivity contribution in [3.8, 4) is 5.75 Å². The van der Waals surface area contributed by atoms with E-state index in [2.05, 4.69) is 16.2 Å². The maximum absolute atomic E-state index is 13.0. The van der Waals surface area contributed by atoms with E-state index in [0.717, 1.165) is 36.0 Å². The van der Waals surface area contributed by atoms with Gasteiger partial charge in [0.1, 0.15) is 11.8 Å². The van der Waals surface area contributed by atoms with Gasteiger partial charge < -0.3 is 10.4 Å². The fraction of sp³-hybridized carbons (Fsp3) is 0.458. The van der Waals surface area contributed by atoms with Crippen LogP contribution < -0.4 is 16.2 Å². The first-order chi connectivity index (χ1) is 15.7. The van der Waals surface area contributed by atoms with Crippen LogP contribution in [-0.4, -0.2) is 42.4 Å². The lowest BCUT2D eigenvalue weighted by atomic mass is 9.96. The predicted octanol–water partition coefficient (Wildman–Crippen LogP) is 3.12. The highest BCUT2D eigenvalue weighted by molar-refractivity contribution is 7.89. The van der Waals surface area contributed by atoms with E-state index >= 15 is 0 Å². The zero-order valence-corrected chi connectivity index (χ0v) is 20.1. The van der Waals surface area contributed by atoms with Crippen molar-refractivity contribution in [1.29, 1.82) is 0 Å². The molecule has 3 unspecified atom stereocenters. The molecule has 2 saturated heterocycles. The number of hydrazine groups is 1. The molecule has 1 amide bonds. The number of phenolic OH excluding ortho intramolecular Hbond substituents is 1. The second-order valence-electron chi connectivity index (χ2n) is 9.05. The van der Waals surface area contributed by atoms with Gasteiger partial charge in [0, 0.05) is 23.8 Å². The molecule has 2 aromatic rings. The number of hydrogen-bond donors (Lipinski definition) is 4. The third-order valence-corrected chi connectivity index (χ3v) is 8.83. The maximum atomic E-state index is 13.0. The van der Waals surface area contributed by atoms with Crippen molar-refractivity contribution >= 4 is 21.6 Å². The number of anilines is 1. The van der Waals surface area contributed by atoms with Crippen molar-refractivity contribution in [3.05, 3.63) is 53.1 Å². The van der Waals surface area contributed by atoms with Crippen LogP contribution >= 0.6 is 0 Å². The average Bonchev–Trinajstić information content (AvgIpc) is 3.28. The Bertz CT molecular complexity index is 1130. The monoisotopic (exact) mass is 472 g/mol. The zero-order valence-electron chi connectivity index (χ0n) is 19.3. The van der Waals surface area contributed by atoms with E-state index in [1.165, 1.54) is 0 Å². The molecule has 0 aromatic heterocycles. The number of rotatable bonds is 5. The largest absolute Gasteiger partial charge is 0.507 e. The van der Waals surface area contributed by atoms with Gasteiger partial charge in [0.05, 0.1) is 10.9 Å². The van der Waals surface area contributed by atoms with Crippen LogP contribution in [0.5, 0.6) is 5.75 Å². The SMILES string of the molecule is Cc1ccc(C2CC(C(=O)Nc3ccc(S(=O)(=O)N4CCCCC4C)cc3)NN2)c(O)c1C. The average molecular weight is 473 g/mol. The molecule has 4 rings (SSSR count). The van der Waals surface area contributed by atoms with E-state index in [-0.39, 0.29) is 28.6 Å². The summed E-state index contributed by atoms with van der Waals surface area (Å²) >= 11 is 0. The van der Waals surface area contributed by atoms with Gasteiger partial charge in [0.15, 0.2) is 0 Å². The number of amides is 1. The highest BCUT2D eigenvalue weighted by Gasteiger charge is 2.33. The molecule has 2 fully saturated rings. The van der Waals surface area contributed by atoms with Crippen molar-refractivity contribution in [2.24, 2.45) is 0 Å². The number of aromatic hydroxyl groups is 1. The number of carbonyl (C=O) groups excluding carboxylic acids is 1. The molecule has 0 spiro atoms. The van der Waals surface area contributed by atoms with E-state index in [0.29, 0.717) is 18.7 Å². The van der Waals surface area contributed by atoms with Gasteiger partial charge >= 0.3 is 0 Å². The Hall–Kier alpha value is -2.46. The van der Waals surface area contributed by atoms with Crippen LogP contribution in [0.15, 0.2) is 41.3 Å². The summed E-state index contributed by atoms with van der Waals surface area (Å²) < 4.78 is 27.5. The number of phenols is 1. The molecule has 4 N–H and O–H groups in total. The van der Waals surface area contributed by atoms with Crippen molar-refractivity contribution in [1.82, 2.24) is 15.2 Å². The summed E-state index contributed by atoms with van der Waals surface area (Å²) in [5.74, 6) is 0.0174. The van der Waals surface area contributed by atoms with Gasteiger partial charge in [-0.05, 0) is 75.4 Å². The Morgan fingerprint density at radius 1 is 1.09 bits per heavy atom. The molecule has 2 aromatic carbocycles. The van der Waals surface area contributed by atoms with Crippen LogP contribution in [0.1, 0.15) is 55.3 Å². The lowest BCUT2D eigenvalue weighted by Gasteiger charge is -2.32. The Labute approximate surface area is 195 Å². The van der Waals surface area contributed by atoms with E-state index in [4.69, 9.17) is 0 Å². The van der Waals surface area contributed by atoms with Crippen LogP contribution in [-0.2, 0) is 14.8 Å². The molecule has 0 radical (unpaired) electrons. The molecule has 0 bridgehead atoms. The quantitative estimate of drug-likeness (QED) is 0.532. The number of aryl methyl sites for hydroxylation is 1. The highest BCUT2D eigenvalue weighted by Crippen LogP contribution is 2.33. The fourth-order valence-electron chi connectivity index (χ4n) is 4.54. The summed E-state index contributed by atoms with van der Waals surface area (Å²) in [5.41, 5.74) is 9.21. The Morgan fingerprint density at radius 2 is 1.82 bits per heavy atom. The summed E-state index contributed by atoms with van der Waals surface area (Å²) in [6.45, 7) is 6.30. The Kier molecular flexibility index (Phi) is 6.76. The first-order valence-electron chi connectivity index (χ1n) is 11.4. The van der Waals surface area contributed by atoms with Gasteiger partial charge in [0.2, 0.25) is 15.9 Å². The molecule has 33 heavy (non-hydrogen) atoms. The first kappa shape index (κ1) is 23.7. The molecule has 178 valence electrons. The van der Waals surface area contributed by atoms with Crippen LogP contribution in [0.2, 0.25) is 0 Å². The van der Waals surface area contributed by atoms with Crippen LogP contribution in [0.4, 0.5) is 5.69 Å². The number of benzene rings is 2. The van der Waals surface area contributed by atoms with Crippen molar-refractivity contribution in [2.75, 3.05) is 11.9 Å². The summed E-state index contributed by atoms with van der Waals surface area (Å²) in [6, 6.07) is 9.47. The fourth-order valence-corrected chi connectivity index (χ4v) is 6.24. The Balaban J connectivity index is 1.40. The van der Waals surface area contributed by atoms with Gasteiger partial charge in [-0.25, -0.2) is 19.3 Å². The van der Waals surface area contributed by atoms with Gasteiger partial charge in [-0.2, -0.15) is 4.31 Å². The molecule has 2 heterocycles. The molecule has 2 aliphatic rings. The third kappa shape index (κ3) is 4.77. The smallest absolute Gasteiger partial charge is 0.243 e. The minimum absolute atomic E-state index is 0.00577. The third-order valence-electron chi connectivity index (χ3n) is 6.80. The maximum Gasteiger partial charge on any atom is 0.243 e. The molecule has 3 atom stereocenters. The standard InChI is InChI=1S/C24H32N4O4S/c1-15-7-12-20(23(29)17(15)3)21-14-22(27-26-21)24(30)25-18-8-10-19(11-9-18)33(31,32)28-13-5-4-6-16(28)2/h7-12,16,21-22,26-27,29H,4-6,13-14H2,1-3H3,(H,25,30). The topological polar surface area (TPSA) is 111 Å². The second kappa shape index (κ2) is 9.42. The summed E-state index contributed by atoms with van der Waals surface area (Å²) in [7, 11) is -3.55. The van der Waals surface area contributed by atoms with Gasteiger partial charge in [0.25, 0.3) is 0 Å². The normalized spacial score (nSPS) is 24.0. The number of nitrogens with one attached hydrogen (secondary N) is 3. The minimum Gasteiger partial charge on any atom is -0.507 e. The van der Waals surface area contributed by atoms with E-state index < -0.39 is 16.1 Å². The van der Waals surface area contributed by atoms with Gasteiger partial charge in [-0.3, -0.25) is 4.79 Å².